The maximum absolute atomic E-state index is 12.4. The number of hydrogen-bond donors (Lipinski definition) is 0. The van der Waals surface area contributed by atoms with Crippen LogP contribution in [0.2, 0.25) is 0 Å². The molecule has 0 spiro atoms. The van der Waals surface area contributed by atoms with Crippen molar-refractivity contribution in [3.63, 3.8) is 0 Å². The number of rotatable bonds is 1. The van der Waals surface area contributed by atoms with Gasteiger partial charge in [-0.2, -0.15) is 18.3 Å². The fraction of sp³-hybridized carbons (Fsp3) is 0.222. The Morgan fingerprint density at radius 2 is 1.81 bits per heavy atom. The molecule has 0 aliphatic rings. The first kappa shape index (κ1) is 10.6. The van der Waals surface area contributed by atoms with E-state index in [0.29, 0.717) is 11.3 Å². The highest BCUT2D eigenvalue weighted by molar-refractivity contribution is 5.57. The van der Waals surface area contributed by atoms with Crippen LogP contribution in [0.3, 0.4) is 0 Å². The third-order valence-electron chi connectivity index (χ3n) is 2.03. The highest BCUT2D eigenvalue weighted by atomic mass is 19.4. The summed E-state index contributed by atoms with van der Waals surface area (Å²) >= 11 is 0. The first-order chi connectivity index (χ1) is 7.48. The molecule has 0 aliphatic carbocycles. The van der Waals surface area contributed by atoms with Gasteiger partial charge in [-0.05, 0) is 6.07 Å². The minimum Gasteiger partial charge on any atom is -0.267 e. The van der Waals surface area contributed by atoms with E-state index in [-0.39, 0.29) is 0 Å². The van der Waals surface area contributed by atoms with E-state index in [2.05, 4.69) is 15.1 Å². The van der Waals surface area contributed by atoms with Crippen molar-refractivity contribution in [3.8, 4) is 11.3 Å². The van der Waals surface area contributed by atoms with Crippen LogP contribution in [0.5, 0.6) is 0 Å². The lowest BCUT2D eigenvalue weighted by Crippen LogP contribution is -2.06. The van der Waals surface area contributed by atoms with Crippen molar-refractivity contribution < 1.29 is 13.2 Å². The first-order valence-corrected chi connectivity index (χ1v) is 4.35. The molecule has 0 bridgehead atoms. The standard InChI is InChI=1S/C9H7F3N4/c1-16-7(6-3-13-5-14-4-6)2-8(15-16)9(10,11)12/h2-5H,1H3. The maximum atomic E-state index is 12.4. The molecule has 0 N–H and O–H groups in total. The van der Waals surface area contributed by atoms with Crippen molar-refractivity contribution in [2.75, 3.05) is 0 Å². The van der Waals surface area contributed by atoms with Crippen LogP contribution in [0, 0.1) is 0 Å². The van der Waals surface area contributed by atoms with E-state index in [1.807, 2.05) is 0 Å². The number of halogens is 3. The van der Waals surface area contributed by atoms with E-state index in [4.69, 9.17) is 0 Å². The molecule has 0 aromatic carbocycles. The van der Waals surface area contributed by atoms with Gasteiger partial charge in [-0.25, -0.2) is 9.97 Å². The third-order valence-corrected chi connectivity index (χ3v) is 2.03. The second kappa shape index (κ2) is 3.58. The summed E-state index contributed by atoms with van der Waals surface area (Å²) in [5, 5.41) is 3.39. The smallest absolute Gasteiger partial charge is 0.267 e. The fourth-order valence-corrected chi connectivity index (χ4v) is 1.31. The molecule has 0 fully saturated rings. The Labute approximate surface area is 88.8 Å². The maximum Gasteiger partial charge on any atom is 0.435 e. The molecule has 0 radical (unpaired) electrons. The Bertz CT molecular complexity index is 489. The van der Waals surface area contributed by atoms with Gasteiger partial charge in [-0.15, -0.1) is 0 Å². The van der Waals surface area contributed by atoms with Crippen molar-refractivity contribution in [3.05, 3.63) is 30.5 Å². The minimum atomic E-state index is -4.44. The van der Waals surface area contributed by atoms with Crippen molar-refractivity contribution in [1.29, 1.82) is 0 Å². The molecule has 0 amide bonds. The van der Waals surface area contributed by atoms with Crippen LogP contribution in [0.15, 0.2) is 24.8 Å². The molecular formula is C9H7F3N4. The average Bonchev–Trinajstić information content (AvgIpc) is 2.61. The summed E-state index contributed by atoms with van der Waals surface area (Å²) in [5.41, 5.74) is -0.102. The van der Waals surface area contributed by atoms with E-state index in [0.717, 1.165) is 10.7 Å². The zero-order valence-electron chi connectivity index (χ0n) is 8.23. The van der Waals surface area contributed by atoms with Crippen molar-refractivity contribution in [2.24, 2.45) is 7.05 Å². The predicted octanol–water partition coefficient (Wildman–Crippen LogP) is 1.90. The van der Waals surface area contributed by atoms with Crippen molar-refractivity contribution in [1.82, 2.24) is 19.7 Å². The molecule has 2 heterocycles. The Kier molecular flexibility index (Phi) is 2.37. The molecule has 0 aliphatic heterocycles. The van der Waals surface area contributed by atoms with Gasteiger partial charge in [0, 0.05) is 25.0 Å². The van der Waals surface area contributed by atoms with E-state index in [1.54, 1.807) is 0 Å². The molecule has 2 aromatic rings. The van der Waals surface area contributed by atoms with Crippen molar-refractivity contribution in [2.45, 2.75) is 6.18 Å². The largest absolute Gasteiger partial charge is 0.435 e. The van der Waals surface area contributed by atoms with Gasteiger partial charge in [0.2, 0.25) is 0 Å². The van der Waals surface area contributed by atoms with Crippen molar-refractivity contribution >= 4 is 0 Å². The van der Waals surface area contributed by atoms with Gasteiger partial charge < -0.3 is 0 Å². The zero-order chi connectivity index (χ0) is 11.8. The van der Waals surface area contributed by atoms with Gasteiger partial charge in [0.25, 0.3) is 0 Å². The van der Waals surface area contributed by atoms with Crippen LogP contribution in [-0.4, -0.2) is 19.7 Å². The topological polar surface area (TPSA) is 43.6 Å². The van der Waals surface area contributed by atoms with Gasteiger partial charge in [-0.3, -0.25) is 4.68 Å². The highest BCUT2D eigenvalue weighted by Crippen LogP contribution is 2.30. The van der Waals surface area contributed by atoms with Crippen LogP contribution in [0.4, 0.5) is 13.2 Å². The van der Waals surface area contributed by atoms with Gasteiger partial charge in [-0.1, -0.05) is 0 Å². The van der Waals surface area contributed by atoms with Gasteiger partial charge in [0.1, 0.15) is 6.33 Å². The monoisotopic (exact) mass is 228 g/mol. The molecule has 4 nitrogen and oxygen atoms in total. The van der Waals surface area contributed by atoms with Gasteiger partial charge in [0.15, 0.2) is 5.69 Å². The van der Waals surface area contributed by atoms with E-state index >= 15 is 0 Å². The minimum absolute atomic E-state index is 0.327. The number of hydrogen-bond acceptors (Lipinski definition) is 3. The van der Waals surface area contributed by atoms with E-state index in [1.165, 1.54) is 25.8 Å². The van der Waals surface area contributed by atoms with Crippen LogP contribution >= 0.6 is 0 Å². The second-order valence-electron chi connectivity index (χ2n) is 3.16. The molecule has 2 rings (SSSR count). The zero-order valence-corrected chi connectivity index (χ0v) is 8.23. The molecule has 7 heteroatoms. The van der Waals surface area contributed by atoms with E-state index < -0.39 is 11.9 Å². The number of nitrogens with zero attached hydrogens (tertiary/aromatic N) is 4. The molecule has 16 heavy (non-hydrogen) atoms. The molecule has 2 aromatic heterocycles. The lowest BCUT2D eigenvalue weighted by atomic mass is 10.2. The molecule has 0 saturated carbocycles. The number of aromatic nitrogens is 4. The van der Waals surface area contributed by atoms with Crippen LogP contribution in [-0.2, 0) is 13.2 Å². The Morgan fingerprint density at radius 3 is 2.31 bits per heavy atom. The SMILES string of the molecule is Cn1nc(C(F)(F)F)cc1-c1cncnc1. The molecule has 0 unspecified atom stereocenters. The quantitative estimate of drug-likeness (QED) is 0.748. The summed E-state index contributed by atoms with van der Waals surface area (Å²) < 4.78 is 38.3. The van der Waals surface area contributed by atoms with Crippen LogP contribution in [0.25, 0.3) is 11.3 Å². The first-order valence-electron chi connectivity index (χ1n) is 4.35. The summed E-state index contributed by atoms with van der Waals surface area (Å²) in [6.07, 6.45) is -0.259. The summed E-state index contributed by atoms with van der Waals surface area (Å²) in [6, 6.07) is 0.971. The highest BCUT2D eigenvalue weighted by Gasteiger charge is 2.34. The number of alkyl halides is 3. The predicted molar refractivity (Wildman–Crippen MR) is 49.2 cm³/mol. The third kappa shape index (κ3) is 1.88. The second-order valence-corrected chi connectivity index (χ2v) is 3.16. The summed E-state index contributed by atoms with van der Waals surface area (Å²) in [4.78, 5) is 7.48. The average molecular weight is 228 g/mol. The summed E-state index contributed by atoms with van der Waals surface area (Å²) in [5.74, 6) is 0. The fourth-order valence-electron chi connectivity index (χ4n) is 1.31. The van der Waals surface area contributed by atoms with Gasteiger partial charge >= 0.3 is 6.18 Å². The Morgan fingerprint density at radius 1 is 1.19 bits per heavy atom. The Hall–Kier alpha value is -1.92. The molecule has 0 saturated heterocycles. The normalized spacial score (nSPS) is 11.8. The molecule has 0 atom stereocenters. The summed E-state index contributed by atoms with van der Waals surface area (Å²) in [7, 11) is 1.44. The van der Waals surface area contributed by atoms with Crippen LogP contribution in [0.1, 0.15) is 5.69 Å². The van der Waals surface area contributed by atoms with Crippen LogP contribution < -0.4 is 0 Å². The van der Waals surface area contributed by atoms with Gasteiger partial charge in [0.05, 0.1) is 5.69 Å². The lowest BCUT2D eigenvalue weighted by Gasteiger charge is -1.99. The van der Waals surface area contributed by atoms with E-state index in [9.17, 15) is 13.2 Å². The number of aryl methyl sites for hydroxylation is 1. The lowest BCUT2D eigenvalue weighted by molar-refractivity contribution is -0.141. The summed E-state index contributed by atoms with van der Waals surface area (Å²) in [6.45, 7) is 0. The molecule has 84 valence electrons. The molecular weight excluding hydrogens is 221 g/mol. The Balaban J connectivity index is 2.48.